The largest absolute Gasteiger partial charge is 0.337 e. The molecule has 1 aromatic carbocycles. The summed E-state index contributed by atoms with van der Waals surface area (Å²) in [5.74, 6) is 1.39. The van der Waals surface area contributed by atoms with Crippen LogP contribution in [0.5, 0.6) is 0 Å². The summed E-state index contributed by atoms with van der Waals surface area (Å²) >= 11 is 0. The van der Waals surface area contributed by atoms with Crippen molar-refractivity contribution in [2.45, 2.75) is 45.1 Å². The molecule has 2 aromatic rings. The molecule has 3 rings (SSSR count). The van der Waals surface area contributed by atoms with E-state index >= 15 is 0 Å². The van der Waals surface area contributed by atoms with Crippen molar-refractivity contribution in [2.24, 2.45) is 0 Å². The second kappa shape index (κ2) is 6.73. The molecule has 2 heterocycles. The van der Waals surface area contributed by atoms with Crippen LogP contribution in [0, 0.1) is 6.92 Å². The number of rotatable bonds is 5. The van der Waals surface area contributed by atoms with Crippen LogP contribution >= 0.6 is 0 Å². The van der Waals surface area contributed by atoms with Crippen molar-refractivity contribution >= 4 is 5.91 Å². The third kappa shape index (κ3) is 3.35. The number of amides is 1. The predicted molar refractivity (Wildman–Crippen MR) is 82.1 cm³/mol. The number of hydrogen-bond donors (Lipinski definition) is 0. The van der Waals surface area contributed by atoms with Gasteiger partial charge in [0, 0.05) is 13.0 Å². The summed E-state index contributed by atoms with van der Waals surface area (Å²) in [5.41, 5.74) is 1.28. The lowest BCUT2D eigenvalue weighted by Crippen LogP contribution is -2.30. The van der Waals surface area contributed by atoms with E-state index in [1.54, 1.807) is 6.92 Å². The van der Waals surface area contributed by atoms with Gasteiger partial charge in [-0.2, -0.15) is 4.98 Å². The summed E-state index contributed by atoms with van der Waals surface area (Å²) in [7, 11) is 0. The van der Waals surface area contributed by atoms with Gasteiger partial charge in [-0.15, -0.1) is 0 Å². The standard InChI is InChI=1S/C17H21N3O2/c1-13-18-17(22-19-13)15-10-6-12-20(15)16(21)11-5-9-14-7-3-2-4-8-14/h2-4,7-8,15H,5-6,9-12H2,1H3/t15-/m0/s1. The fourth-order valence-corrected chi connectivity index (χ4v) is 3.00. The molecular formula is C17H21N3O2. The van der Waals surface area contributed by atoms with E-state index < -0.39 is 0 Å². The number of aromatic nitrogens is 2. The van der Waals surface area contributed by atoms with Gasteiger partial charge in [0.25, 0.3) is 0 Å². The molecule has 1 aliphatic rings. The Labute approximate surface area is 130 Å². The highest BCUT2D eigenvalue weighted by molar-refractivity contribution is 5.76. The Morgan fingerprint density at radius 2 is 2.18 bits per heavy atom. The average Bonchev–Trinajstić information content (AvgIpc) is 3.16. The van der Waals surface area contributed by atoms with Gasteiger partial charge >= 0.3 is 0 Å². The van der Waals surface area contributed by atoms with E-state index in [-0.39, 0.29) is 11.9 Å². The maximum atomic E-state index is 12.5. The molecule has 0 radical (unpaired) electrons. The summed E-state index contributed by atoms with van der Waals surface area (Å²) < 4.78 is 5.25. The van der Waals surface area contributed by atoms with E-state index in [1.807, 2.05) is 23.1 Å². The van der Waals surface area contributed by atoms with Crippen LogP contribution in [0.4, 0.5) is 0 Å². The molecule has 5 nitrogen and oxygen atoms in total. The molecule has 0 bridgehead atoms. The quantitative estimate of drug-likeness (QED) is 0.851. The predicted octanol–water partition coefficient (Wildman–Crippen LogP) is 3.06. The lowest BCUT2D eigenvalue weighted by atomic mass is 10.1. The van der Waals surface area contributed by atoms with Crippen molar-refractivity contribution in [1.29, 1.82) is 0 Å². The van der Waals surface area contributed by atoms with Gasteiger partial charge in [0.2, 0.25) is 11.8 Å². The molecule has 1 aromatic heterocycles. The molecule has 5 heteroatoms. The molecule has 1 amide bonds. The van der Waals surface area contributed by atoms with Crippen LogP contribution in [-0.4, -0.2) is 27.5 Å². The van der Waals surface area contributed by atoms with Gasteiger partial charge in [-0.05, 0) is 38.2 Å². The summed E-state index contributed by atoms with van der Waals surface area (Å²) in [5, 5.41) is 3.83. The van der Waals surface area contributed by atoms with Crippen molar-refractivity contribution < 1.29 is 9.32 Å². The smallest absolute Gasteiger partial charge is 0.249 e. The molecule has 22 heavy (non-hydrogen) atoms. The second-order valence-corrected chi connectivity index (χ2v) is 5.76. The molecule has 0 aliphatic carbocycles. The van der Waals surface area contributed by atoms with Crippen LogP contribution in [0.3, 0.4) is 0 Å². The van der Waals surface area contributed by atoms with E-state index in [0.29, 0.717) is 18.1 Å². The number of likely N-dealkylation sites (tertiary alicyclic amines) is 1. The zero-order valence-corrected chi connectivity index (χ0v) is 12.9. The number of benzene rings is 1. The first-order chi connectivity index (χ1) is 10.7. The first-order valence-corrected chi connectivity index (χ1v) is 7.87. The lowest BCUT2D eigenvalue weighted by molar-refractivity contribution is -0.132. The van der Waals surface area contributed by atoms with Gasteiger partial charge in [-0.25, -0.2) is 0 Å². The third-order valence-corrected chi connectivity index (χ3v) is 4.10. The van der Waals surface area contributed by atoms with E-state index in [9.17, 15) is 4.79 Å². The normalized spacial score (nSPS) is 17.9. The van der Waals surface area contributed by atoms with Crippen LogP contribution in [0.1, 0.15) is 49.0 Å². The molecule has 116 valence electrons. The molecule has 0 unspecified atom stereocenters. The Bertz CT molecular complexity index is 624. The number of hydrogen-bond acceptors (Lipinski definition) is 4. The fraction of sp³-hybridized carbons (Fsp3) is 0.471. The monoisotopic (exact) mass is 299 g/mol. The molecule has 1 aliphatic heterocycles. The average molecular weight is 299 g/mol. The molecule has 1 atom stereocenters. The van der Waals surface area contributed by atoms with Gasteiger partial charge < -0.3 is 9.42 Å². The molecule has 1 fully saturated rings. The number of nitrogens with zero attached hydrogens (tertiary/aromatic N) is 3. The zero-order valence-electron chi connectivity index (χ0n) is 12.9. The van der Waals surface area contributed by atoms with Gasteiger partial charge in [0.05, 0.1) is 0 Å². The van der Waals surface area contributed by atoms with E-state index in [2.05, 4.69) is 22.3 Å². The maximum Gasteiger partial charge on any atom is 0.249 e. The Hall–Kier alpha value is -2.17. The minimum Gasteiger partial charge on any atom is -0.337 e. The SMILES string of the molecule is Cc1noc([C@@H]2CCCN2C(=O)CCCc2ccccc2)n1. The van der Waals surface area contributed by atoms with Crippen molar-refractivity contribution in [3.05, 3.63) is 47.6 Å². The highest BCUT2D eigenvalue weighted by atomic mass is 16.5. The minimum atomic E-state index is -0.0366. The van der Waals surface area contributed by atoms with E-state index in [0.717, 1.165) is 32.2 Å². The number of aryl methyl sites for hydroxylation is 2. The second-order valence-electron chi connectivity index (χ2n) is 5.76. The molecule has 1 saturated heterocycles. The van der Waals surface area contributed by atoms with Gasteiger partial charge in [0.1, 0.15) is 6.04 Å². The Kier molecular flexibility index (Phi) is 4.51. The van der Waals surface area contributed by atoms with Crippen molar-refractivity contribution in [1.82, 2.24) is 15.0 Å². The highest BCUT2D eigenvalue weighted by Crippen LogP contribution is 2.31. The van der Waals surface area contributed by atoms with Gasteiger partial charge in [-0.3, -0.25) is 4.79 Å². The van der Waals surface area contributed by atoms with E-state index in [1.165, 1.54) is 5.56 Å². The van der Waals surface area contributed by atoms with Gasteiger partial charge in [0.15, 0.2) is 5.82 Å². The first kappa shape index (κ1) is 14.8. The number of carbonyl (C=O) groups is 1. The summed E-state index contributed by atoms with van der Waals surface area (Å²) in [4.78, 5) is 18.6. The van der Waals surface area contributed by atoms with Crippen LogP contribution in [-0.2, 0) is 11.2 Å². The molecule has 0 spiro atoms. The van der Waals surface area contributed by atoms with Gasteiger partial charge in [-0.1, -0.05) is 35.5 Å². The van der Waals surface area contributed by atoms with E-state index in [4.69, 9.17) is 4.52 Å². The third-order valence-electron chi connectivity index (χ3n) is 4.10. The number of carbonyl (C=O) groups excluding carboxylic acids is 1. The van der Waals surface area contributed by atoms with Crippen LogP contribution < -0.4 is 0 Å². The Balaban J connectivity index is 1.55. The highest BCUT2D eigenvalue weighted by Gasteiger charge is 2.33. The summed E-state index contributed by atoms with van der Waals surface area (Å²) in [6.45, 7) is 2.59. The summed E-state index contributed by atoms with van der Waals surface area (Å²) in [6, 6.07) is 10.2. The Morgan fingerprint density at radius 1 is 1.36 bits per heavy atom. The van der Waals surface area contributed by atoms with Crippen LogP contribution in [0.2, 0.25) is 0 Å². The van der Waals surface area contributed by atoms with Crippen molar-refractivity contribution in [3.8, 4) is 0 Å². The Morgan fingerprint density at radius 3 is 2.91 bits per heavy atom. The van der Waals surface area contributed by atoms with Crippen LogP contribution in [0.25, 0.3) is 0 Å². The fourth-order valence-electron chi connectivity index (χ4n) is 3.00. The van der Waals surface area contributed by atoms with Crippen molar-refractivity contribution in [2.75, 3.05) is 6.54 Å². The molecular weight excluding hydrogens is 278 g/mol. The summed E-state index contributed by atoms with van der Waals surface area (Å²) in [6.07, 6.45) is 4.28. The topological polar surface area (TPSA) is 59.2 Å². The first-order valence-electron chi connectivity index (χ1n) is 7.87. The van der Waals surface area contributed by atoms with Crippen LogP contribution in [0.15, 0.2) is 34.9 Å². The maximum absolute atomic E-state index is 12.5. The molecule has 0 N–H and O–H groups in total. The molecule has 0 saturated carbocycles. The van der Waals surface area contributed by atoms with Crippen molar-refractivity contribution in [3.63, 3.8) is 0 Å². The lowest BCUT2D eigenvalue weighted by Gasteiger charge is -2.21. The zero-order chi connectivity index (χ0) is 15.4. The minimum absolute atomic E-state index is 0.0366.